The minimum atomic E-state index is 0. The summed E-state index contributed by atoms with van der Waals surface area (Å²) in [5, 5.41) is 2.22. The van der Waals surface area contributed by atoms with Crippen molar-refractivity contribution in [3.63, 3.8) is 0 Å². The summed E-state index contributed by atoms with van der Waals surface area (Å²) in [6, 6.07) is 56.0. The zero-order chi connectivity index (χ0) is 30.3. The van der Waals surface area contributed by atoms with Gasteiger partial charge in [0, 0.05) is 37.9 Å². The molecule has 0 saturated carbocycles. The Balaban J connectivity index is 0.000000166. The van der Waals surface area contributed by atoms with E-state index >= 15 is 0 Å². The summed E-state index contributed by atoms with van der Waals surface area (Å²) in [5.74, 6) is 0. The van der Waals surface area contributed by atoms with E-state index < -0.39 is 0 Å². The molecule has 0 fully saturated rings. The molecule has 0 unspecified atom stereocenters. The van der Waals surface area contributed by atoms with Gasteiger partial charge in [-0.05, 0) is 64.7 Å². The predicted molar refractivity (Wildman–Crippen MR) is 183 cm³/mol. The molecule has 4 heteroatoms. The van der Waals surface area contributed by atoms with Crippen LogP contribution in [0.15, 0.2) is 162 Å². The molecule has 0 spiro atoms. The Kier molecular flexibility index (Phi) is 9.90. The SMILES string of the molecule is [Ir].[c-]1cc2oc3ccccc3c2cc1-c1cc(Cc2ccccc2)ccn1.[c-]1ccccc1-c1cc(Cc2ccccc2)ccn1. The molecule has 0 amide bonds. The van der Waals surface area contributed by atoms with Crippen LogP contribution in [0.4, 0.5) is 0 Å². The monoisotopic (exact) mass is 771 g/mol. The Morgan fingerprint density at radius 2 is 1.07 bits per heavy atom. The van der Waals surface area contributed by atoms with E-state index in [9.17, 15) is 0 Å². The number of benzene rings is 5. The van der Waals surface area contributed by atoms with Crippen LogP contribution in [-0.2, 0) is 32.9 Å². The van der Waals surface area contributed by atoms with E-state index in [1.165, 1.54) is 22.3 Å². The normalized spacial score (nSPS) is 10.6. The first kappa shape index (κ1) is 30.9. The third-order valence-electron chi connectivity index (χ3n) is 7.72. The third kappa shape index (κ3) is 7.38. The zero-order valence-electron chi connectivity index (χ0n) is 25.1. The summed E-state index contributed by atoms with van der Waals surface area (Å²) >= 11 is 0. The van der Waals surface area contributed by atoms with E-state index in [1.807, 2.05) is 73.1 Å². The van der Waals surface area contributed by atoms with Crippen LogP contribution in [-0.4, -0.2) is 9.97 Å². The molecule has 0 saturated heterocycles. The van der Waals surface area contributed by atoms with Crippen molar-refractivity contribution in [3.8, 4) is 22.5 Å². The zero-order valence-corrected chi connectivity index (χ0v) is 27.5. The van der Waals surface area contributed by atoms with Gasteiger partial charge in [0.05, 0.1) is 5.58 Å². The minimum Gasteiger partial charge on any atom is -0.500 e. The molecule has 8 rings (SSSR count). The smallest absolute Gasteiger partial charge is 0.120 e. The van der Waals surface area contributed by atoms with E-state index in [-0.39, 0.29) is 20.1 Å². The molecule has 0 aliphatic carbocycles. The first-order valence-electron chi connectivity index (χ1n) is 15.1. The summed E-state index contributed by atoms with van der Waals surface area (Å²) in [6.45, 7) is 0. The van der Waals surface area contributed by atoms with Gasteiger partial charge in [-0.1, -0.05) is 96.4 Å². The standard InChI is InChI=1S/C24H16NO.C18H14N.Ir/c1-2-6-17(7-3-1)14-18-12-13-25-22(15-18)19-10-11-24-21(16-19)20-8-4-5-9-23(20)26-24;1-3-7-15(8-4-1)13-16-11-12-19-18(14-16)17-9-5-2-6-10-17;/h1-9,11-13,15-16H,14H2;1-9,11-12,14H,13H2;/q2*-1;. The van der Waals surface area contributed by atoms with Gasteiger partial charge in [0.25, 0.3) is 0 Å². The van der Waals surface area contributed by atoms with E-state index in [1.54, 1.807) is 0 Å². The Labute approximate surface area is 283 Å². The molecule has 0 aliphatic heterocycles. The Hall–Kier alpha value is -5.15. The van der Waals surface area contributed by atoms with Crippen molar-refractivity contribution in [1.82, 2.24) is 9.97 Å². The van der Waals surface area contributed by atoms with E-state index in [0.717, 1.165) is 57.3 Å². The van der Waals surface area contributed by atoms with Crippen LogP contribution in [0.3, 0.4) is 0 Å². The molecule has 8 aromatic rings. The van der Waals surface area contributed by atoms with E-state index in [2.05, 4.69) is 107 Å². The topological polar surface area (TPSA) is 38.9 Å². The number of nitrogens with zero attached hydrogens (tertiary/aromatic N) is 2. The molecular weight excluding hydrogens is 741 g/mol. The van der Waals surface area contributed by atoms with Gasteiger partial charge in [-0.3, -0.25) is 0 Å². The number of fused-ring (bicyclic) bond motifs is 3. The van der Waals surface area contributed by atoms with Crippen LogP contribution < -0.4 is 0 Å². The van der Waals surface area contributed by atoms with Crippen molar-refractivity contribution < 1.29 is 24.5 Å². The van der Waals surface area contributed by atoms with Crippen LogP contribution >= 0.6 is 0 Å². The molecule has 225 valence electrons. The van der Waals surface area contributed by atoms with Crippen LogP contribution in [0, 0.1) is 12.1 Å². The largest absolute Gasteiger partial charge is 0.500 e. The number of pyridine rings is 2. The maximum absolute atomic E-state index is 5.89. The number of hydrogen-bond donors (Lipinski definition) is 0. The number of rotatable bonds is 6. The van der Waals surface area contributed by atoms with E-state index in [0.29, 0.717) is 0 Å². The van der Waals surface area contributed by atoms with Crippen molar-refractivity contribution in [1.29, 1.82) is 0 Å². The summed E-state index contributed by atoms with van der Waals surface area (Å²) in [4.78, 5) is 8.98. The number of aromatic nitrogens is 2. The third-order valence-corrected chi connectivity index (χ3v) is 7.72. The van der Waals surface area contributed by atoms with Crippen LogP contribution in [0.2, 0.25) is 0 Å². The van der Waals surface area contributed by atoms with Crippen LogP contribution in [0.5, 0.6) is 0 Å². The van der Waals surface area contributed by atoms with Gasteiger partial charge in [-0.2, -0.15) is 0 Å². The molecule has 46 heavy (non-hydrogen) atoms. The second kappa shape index (κ2) is 14.8. The Morgan fingerprint density at radius 3 is 1.70 bits per heavy atom. The van der Waals surface area contributed by atoms with Crippen LogP contribution in [0.25, 0.3) is 44.5 Å². The van der Waals surface area contributed by atoms with Gasteiger partial charge >= 0.3 is 0 Å². The average molecular weight is 771 g/mol. The molecular formula is C42H30IrN2O-2. The summed E-state index contributed by atoms with van der Waals surface area (Å²) < 4.78 is 5.89. The fourth-order valence-corrected chi connectivity index (χ4v) is 5.50. The second-order valence-corrected chi connectivity index (χ2v) is 10.9. The van der Waals surface area contributed by atoms with Crippen molar-refractivity contribution in [2.24, 2.45) is 0 Å². The molecule has 1 radical (unpaired) electrons. The van der Waals surface area contributed by atoms with Gasteiger partial charge in [0.1, 0.15) is 5.58 Å². The fourth-order valence-electron chi connectivity index (χ4n) is 5.50. The van der Waals surface area contributed by atoms with Crippen molar-refractivity contribution in [3.05, 3.63) is 192 Å². The predicted octanol–water partition coefficient (Wildman–Crippen LogP) is 10.2. The van der Waals surface area contributed by atoms with Crippen LogP contribution in [0.1, 0.15) is 22.3 Å². The van der Waals surface area contributed by atoms with Gasteiger partial charge in [-0.25, -0.2) is 0 Å². The quantitative estimate of drug-likeness (QED) is 0.158. The Bertz CT molecular complexity index is 2160. The molecule has 3 aromatic heterocycles. The fraction of sp³-hybridized carbons (Fsp3) is 0.0476. The number of hydrogen-bond acceptors (Lipinski definition) is 3. The van der Waals surface area contributed by atoms with Gasteiger partial charge in [0.2, 0.25) is 0 Å². The summed E-state index contributed by atoms with van der Waals surface area (Å²) in [6.07, 6.45) is 5.57. The maximum atomic E-state index is 5.89. The summed E-state index contributed by atoms with van der Waals surface area (Å²) in [7, 11) is 0. The second-order valence-electron chi connectivity index (χ2n) is 10.9. The molecule has 0 atom stereocenters. The molecule has 3 nitrogen and oxygen atoms in total. The first-order valence-corrected chi connectivity index (χ1v) is 15.1. The van der Waals surface area contributed by atoms with E-state index in [4.69, 9.17) is 4.42 Å². The molecule has 0 aliphatic rings. The molecule has 3 heterocycles. The molecule has 0 bridgehead atoms. The minimum absolute atomic E-state index is 0. The maximum Gasteiger partial charge on any atom is 0.120 e. The van der Waals surface area contributed by atoms with Crippen molar-refractivity contribution in [2.45, 2.75) is 12.8 Å². The molecule has 5 aromatic carbocycles. The Morgan fingerprint density at radius 1 is 0.478 bits per heavy atom. The number of para-hydroxylation sites is 1. The summed E-state index contributed by atoms with van der Waals surface area (Å²) in [5.41, 5.74) is 10.8. The average Bonchev–Trinajstić information content (AvgIpc) is 3.48. The first-order chi connectivity index (χ1) is 22.3. The number of furan rings is 1. The van der Waals surface area contributed by atoms with Crippen molar-refractivity contribution >= 4 is 21.9 Å². The van der Waals surface area contributed by atoms with Crippen molar-refractivity contribution in [2.75, 3.05) is 0 Å². The van der Waals surface area contributed by atoms with Gasteiger partial charge in [0.15, 0.2) is 0 Å². The van der Waals surface area contributed by atoms with Gasteiger partial charge in [-0.15, -0.1) is 59.7 Å². The molecule has 0 N–H and O–H groups in total. The van der Waals surface area contributed by atoms with Gasteiger partial charge < -0.3 is 14.4 Å².